The molecule has 1 aliphatic heterocycles. The molecule has 1 aromatic heterocycles. The van der Waals surface area contributed by atoms with Crippen LogP contribution in [0.15, 0.2) is 89.5 Å². The Hall–Kier alpha value is -4.84. The Balaban J connectivity index is 2.09. The van der Waals surface area contributed by atoms with Gasteiger partial charge in [-0.05, 0) is 17.7 Å². The second-order valence-corrected chi connectivity index (χ2v) is 7.73. The highest BCUT2D eigenvalue weighted by molar-refractivity contribution is 6.07. The zero-order chi connectivity index (χ0) is 25.1. The van der Waals surface area contributed by atoms with Crippen LogP contribution in [0.3, 0.4) is 0 Å². The topological polar surface area (TPSA) is 123 Å². The number of methoxy groups -OCH3 is 2. The van der Waals surface area contributed by atoms with E-state index in [-0.39, 0.29) is 22.7 Å². The van der Waals surface area contributed by atoms with E-state index in [2.05, 4.69) is 11.2 Å². The Morgan fingerprint density at radius 2 is 1.66 bits per heavy atom. The van der Waals surface area contributed by atoms with Crippen LogP contribution in [-0.2, 0) is 26.1 Å². The largest absolute Gasteiger partial charge is 0.466 e. The van der Waals surface area contributed by atoms with Crippen molar-refractivity contribution in [2.75, 3.05) is 19.1 Å². The maximum atomic E-state index is 13.2. The third-order valence-corrected chi connectivity index (χ3v) is 5.74. The fraction of sp³-hybridized carbons (Fsp3) is 0.154. The zero-order valence-electron chi connectivity index (χ0n) is 19.4. The number of hydrogen-bond acceptors (Lipinski definition) is 8. The lowest BCUT2D eigenvalue weighted by atomic mass is 9.80. The number of carbonyl (C=O) groups is 2. The summed E-state index contributed by atoms with van der Waals surface area (Å²) in [5.41, 5.74) is 8.82. The lowest BCUT2D eigenvalue weighted by Crippen LogP contribution is -2.41. The number of allylic oxidation sites excluding steroid dienone is 1. The van der Waals surface area contributed by atoms with E-state index in [0.29, 0.717) is 22.5 Å². The highest BCUT2D eigenvalue weighted by Crippen LogP contribution is 2.45. The van der Waals surface area contributed by atoms with Gasteiger partial charge in [0.25, 0.3) is 0 Å². The number of benzene rings is 2. The Kier molecular flexibility index (Phi) is 6.38. The van der Waals surface area contributed by atoms with Gasteiger partial charge in [0.1, 0.15) is 11.5 Å². The number of anilines is 1. The molecule has 0 bridgehead atoms. The van der Waals surface area contributed by atoms with Crippen molar-refractivity contribution in [3.63, 3.8) is 0 Å². The van der Waals surface area contributed by atoms with Crippen LogP contribution in [0.25, 0.3) is 11.3 Å². The van der Waals surface area contributed by atoms with Crippen molar-refractivity contribution >= 4 is 17.6 Å². The van der Waals surface area contributed by atoms with E-state index < -0.39 is 17.9 Å². The monoisotopic (exact) mass is 469 g/mol. The van der Waals surface area contributed by atoms with Gasteiger partial charge in [0.05, 0.1) is 48.7 Å². The summed E-state index contributed by atoms with van der Waals surface area (Å²) in [6, 6.07) is 19.9. The number of esters is 2. The zero-order valence-corrected chi connectivity index (χ0v) is 19.4. The van der Waals surface area contributed by atoms with E-state index in [0.717, 1.165) is 0 Å². The van der Waals surface area contributed by atoms with Crippen molar-refractivity contribution in [1.29, 1.82) is 5.26 Å². The molecule has 1 unspecified atom stereocenters. The first-order valence-electron chi connectivity index (χ1n) is 10.7. The quantitative estimate of drug-likeness (QED) is 0.566. The minimum atomic E-state index is -0.930. The molecule has 3 aromatic rings. The fourth-order valence-corrected chi connectivity index (χ4v) is 4.21. The lowest BCUT2D eigenvalue weighted by molar-refractivity contribution is -0.139. The normalized spacial score (nSPS) is 15.6. The number of aromatic nitrogens is 2. The first kappa shape index (κ1) is 23.3. The number of rotatable bonds is 5. The molecule has 1 aliphatic rings. The summed E-state index contributed by atoms with van der Waals surface area (Å²) in [7, 11) is 4.21. The molecule has 1 atom stereocenters. The van der Waals surface area contributed by atoms with Gasteiger partial charge in [0.15, 0.2) is 0 Å². The number of hydrogen-bond donors (Lipinski definition) is 1. The second kappa shape index (κ2) is 9.57. The van der Waals surface area contributed by atoms with Crippen LogP contribution >= 0.6 is 0 Å². The van der Waals surface area contributed by atoms with E-state index in [1.165, 1.54) is 19.1 Å². The molecule has 0 saturated heterocycles. The number of nitrogens with zero attached hydrogens (tertiary/aromatic N) is 4. The smallest absolute Gasteiger partial charge is 0.355 e. The second-order valence-electron chi connectivity index (χ2n) is 7.73. The summed E-state index contributed by atoms with van der Waals surface area (Å²) in [4.78, 5) is 27.8. The number of nitrogens with two attached hydrogens (primary N) is 1. The molecule has 0 amide bonds. The molecule has 0 aliphatic carbocycles. The van der Waals surface area contributed by atoms with E-state index in [4.69, 9.17) is 15.2 Å². The number of nitriles is 1. The van der Waals surface area contributed by atoms with Crippen LogP contribution in [0.2, 0.25) is 0 Å². The summed E-state index contributed by atoms with van der Waals surface area (Å²) in [6.07, 6.45) is 1.78. The maximum Gasteiger partial charge on any atom is 0.355 e. The van der Waals surface area contributed by atoms with Gasteiger partial charge in [-0.25, -0.2) is 9.59 Å². The van der Waals surface area contributed by atoms with Crippen LogP contribution in [0.5, 0.6) is 0 Å². The van der Waals surface area contributed by atoms with Crippen molar-refractivity contribution in [2.24, 2.45) is 12.8 Å². The van der Waals surface area contributed by atoms with Crippen LogP contribution in [0, 0.1) is 11.3 Å². The molecule has 0 spiro atoms. The Bertz CT molecular complexity index is 1400. The average molecular weight is 470 g/mol. The van der Waals surface area contributed by atoms with E-state index in [1.54, 1.807) is 54.3 Å². The van der Waals surface area contributed by atoms with Crippen LogP contribution in [-0.4, -0.2) is 35.9 Å². The van der Waals surface area contributed by atoms with Gasteiger partial charge in [-0.3, -0.25) is 9.58 Å². The van der Waals surface area contributed by atoms with Crippen molar-refractivity contribution in [3.05, 3.63) is 95.1 Å². The minimum Gasteiger partial charge on any atom is -0.466 e. The number of carbonyl (C=O) groups excluding carboxylic acids is 2. The summed E-state index contributed by atoms with van der Waals surface area (Å²) >= 11 is 0. The summed E-state index contributed by atoms with van der Waals surface area (Å²) in [5, 5.41) is 14.6. The Morgan fingerprint density at radius 3 is 2.26 bits per heavy atom. The standard InChI is InChI=1S/C26H23N5O4/c1-30-14-13-19(29-30)17-11-7-8-12-20(17)31-23(26(33)35-3)22(25(32)34-2)21(18(15-27)24(31)28)16-9-5-4-6-10-16/h4-14,21H,28H2,1-3H3. The molecule has 9 nitrogen and oxygen atoms in total. The Morgan fingerprint density at radius 1 is 1.00 bits per heavy atom. The number of ether oxygens (including phenoxy) is 2. The molecule has 9 heteroatoms. The predicted molar refractivity (Wildman–Crippen MR) is 128 cm³/mol. The average Bonchev–Trinajstić information content (AvgIpc) is 3.33. The molecule has 4 rings (SSSR count). The third-order valence-electron chi connectivity index (χ3n) is 5.74. The first-order chi connectivity index (χ1) is 16.9. The van der Waals surface area contributed by atoms with Gasteiger partial charge in [-0.1, -0.05) is 48.5 Å². The summed E-state index contributed by atoms with van der Waals surface area (Å²) < 4.78 is 11.8. The van der Waals surface area contributed by atoms with Crippen LogP contribution < -0.4 is 10.6 Å². The van der Waals surface area contributed by atoms with Crippen molar-refractivity contribution in [2.45, 2.75) is 5.92 Å². The van der Waals surface area contributed by atoms with Crippen molar-refractivity contribution in [3.8, 4) is 17.3 Å². The molecule has 2 heterocycles. The molecule has 0 radical (unpaired) electrons. The first-order valence-corrected chi connectivity index (χ1v) is 10.7. The SMILES string of the molecule is COC(=O)C1=C(C(=O)OC)N(c2ccccc2-c2ccn(C)n2)C(N)=C(C#N)C1c1ccccc1. The van der Waals surface area contributed by atoms with Crippen molar-refractivity contribution < 1.29 is 19.1 Å². The number of para-hydroxylation sites is 1. The third kappa shape index (κ3) is 4.02. The molecule has 0 fully saturated rings. The van der Waals surface area contributed by atoms with E-state index in [1.807, 2.05) is 24.3 Å². The maximum absolute atomic E-state index is 13.2. The van der Waals surface area contributed by atoms with Gasteiger partial charge >= 0.3 is 11.9 Å². The molecule has 0 saturated carbocycles. The van der Waals surface area contributed by atoms with E-state index >= 15 is 0 Å². The van der Waals surface area contributed by atoms with Gasteiger partial charge in [-0.2, -0.15) is 10.4 Å². The molecule has 2 aromatic carbocycles. The summed E-state index contributed by atoms with van der Waals surface area (Å²) in [6.45, 7) is 0. The molecule has 35 heavy (non-hydrogen) atoms. The van der Waals surface area contributed by atoms with Crippen molar-refractivity contribution in [1.82, 2.24) is 9.78 Å². The van der Waals surface area contributed by atoms with Crippen LogP contribution in [0.1, 0.15) is 11.5 Å². The Labute approximate surface area is 202 Å². The summed E-state index contributed by atoms with van der Waals surface area (Å²) in [5.74, 6) is -2.51. The van der Waals surface area contributed by atoms with Crippen LogP contribution in [0.4, 0.5) is 5.69 Å². The molecule has 176 valence electrons. The fourth-order valence-electron chi connectivity index (χ4n) is 4.21. The highest BCUT2D eigenvalue weighted by Gasteiger charge is 2.43. The molecular formula is C26H23N5O4. The lowest BCUT2D eigenvalue weighted by Gasteiger charge is -2.36. The van der Waals surface area contributed by atoms with Gasteiger partial charge in [-0.15, -0.1) is 0 Å². The molecular weight excluding hydrogens is 446 g/mol. The highest BCUT2D eigenvalue weighted by atomic mass is 16.5. The van der Waals surface area contributed by atoms with Gasteiger partial charge in [0, 0.05) is 18.8 Å². The van der Waals surface area contributed by atoms with E-state index in [9.17, 15) is 14.9 Å². The van der Waals surface area contributed by atoms with Gasteiger partial charge < -0.3 is 15.2 Å². The molecule has 2 N–H and O–H groups in total. The van der Waals surface area contributed by atoms with Gasteiger partial charge in [0.2, 0.25) is 0 Å². The number of aryl methyl sites for hydroxylation is 1. The predicted octanol–water partition coefficient (Wildman–Crippen LogP) is 2.98. The minimum absolute atomic E-state index is 0.00205.